The van der Waals surface area contributed by atoms with Gasteiger partial charge in [0, 0.05) is 35.8 Å². The molecule has 1 amide bonds. The van der Waals surface area contributed by atoms with Crippen molar-refractivity contribution in [3.63, 3.8) is 0 Å². The van der Waals surface area contributed by atoms with Gasteiger partial charge in [0.25, 0.3) is 11.1 Å². The highest BCUT2D eigenvalue weighted by molar-refractivity contribution is 5.94. The van der Waals surface area contributed by atoms with E-state index in [4.69, 9.17) is 0 Å². The Morgan fingerprint density at radius 1 is 1.03 bits per heavy atom. The molecule has 1 fully saturated rings. The second-order valence-corrected chi connectivity index (χ2v) is 9.13. The van der Waals surface area contributed by atoms with Gasteiger partial charge in [0.15, 0.2) is 5.65 Å². The number of hydrogen-bond acceptors (Lipinski definition) is 7. The molecule has 11 heteroatoms. The number of benzene rings is 1. The van der Waals surface area contributed by atoms with Crippen LogP contribution < -0.4 is 21.8 Å². The number of nitrogens with one attached hydrogen (secondary N) is 2. The summed E-state index contributed by atoms with van der Waals surface area (Å²) in [5.74, 6) is 1.12. The van der Waals surface area contributed by atoms with Crippen molar-refractivity contribution in [2.45, 2.75) is 19.4 Å². The zero-order chi connectivity index (χ0) is 26.9. The Morgan fingerprint density at radius 3 is 2.62 bits per heavy atom. The molecule has 11 nitrogen and oxygen atoms in total. The lowest BCUT2D eigenvalue weighted by atomic mass is 10.2. The number of rotatable bonds is 8. The van der Waals surface area contributed by atoms with Gasteiger partial charge >= 0.3 is 0 Å². The van der Waals surface area contributed by atoms with Crippen molar-refractivity contribution >= 4 is 34.3 Å². The molecule has 194 valence electrons. The first-order chi connectivity index (χ1) is 19.0. The van der Waals surface area contributed by atoms with Crippen LogP contribution in [0.3, 0.4) is 0 Å². The SMILES string of the molecule is C=CCn1c(=O)c2cnc(Nc3cccc(NC(=O)C4CC4)c3)nc2n1-c1cccc(=O)n1-c1ccccn1. The van der Waals surface area contributed by atoms with Crippen LogP contribution in [0, 0.1) is 5.92 Å². The highest BCUT2D eigenvalue weighted by atomic mass is 16.2. The summed E-state index contributed by atoms with van der Waals surface area (Å²) < 4.78 is 4.44. The summed E-state index contributed by atoms with van der Waals surface area (Å²) in [7, 11) is 0. The number of carbonyl (C=O) groups is 1. The standard InChI is InChI=1S/C28H24N8O3/c1-2-15-34-27(39)21-17-30-28(32-20-8-5-7-19(16-20)31-26(38)18-12-13-18)33-25(21)36(34)23-10-6-11-24(37)35(23)22-9-3-4-14-29-22/h2-11,14,16-18H,1,12-13,15H2,(H,31,38)(H,30,32,33). The van der Waals surface area contributed by atoms with Crippen LogP contribution in [0.25, 0.3) is 22.7 Å². The summed E-state index contributed by atoms with van der Waals surface area (Å²) >= 11 is 0. The van der Waals surface area contributed by atoms with E-state index in [2.05, 4.69) is 32.2 Å². The summed E-state index contributed by atoms with van der Waals surface area (Å²) in [5.41, 5.74) is 0.976. The van der Waals surface area contributed by atoms with Crippen LogP contribution in [0.5, 0.6) is 0 Å². The van der Waals surface area contributed by atoms with Crippen LogP contribution in [-0.2, 0) is 11.3 Å². The van der Waals surface area contributed by atoms with Gasteiger partial charge in [0.1, 0.15) is 17.0 Å². The van der Waals surface area contributed by atoms with Crippen molar-refractivity contribution in [3.8, 4) is 11.6 Å². The Labute approximate surface area is 222 Å². The molecule has 4 aromatic heterocycles. The molecule has 0 radical (unpaired) electrons. The molecule has 0 saturated heterocycles. The van der Waals surface area contributed by atoms with E-state index in [-0.39, 0.29) is 40.8 Å². The molecule has 4 heterocycles. The topological polar surface area (TPSA) is 129 Å². The Kier molecular flexibility index (Phi) is 6.08. The van der Waals surface area contributed by atoms with Gasteiger partial charge in [0.2, 0.25) is 11.9 Å². The average molecular weight is 521 g/mol. The number of allylic oxidation sites excluding steroid dienone is 1. The summed E-state index contributed by atoms with van der Waals surface area (Å²) in [6, 6.07) is 17.3. The van der Waals surface area contributed by atoms with Crippen LogP contribution in [0.4, 0.5) is 17.3 Å². The van der Waals surface area contributed by atoms with Crippen molar-refractivity contribution in [1.82, 2.24) is 28.9 Å². The summed E-state index contributed by atoms with van der Waals surface area (Å²) in [5, 5.41) is 6.35. The van der Waals surface area contributed by atoms with E-state index < -0.39 is 0 Å². The predicted molar refractivity (Wildman–Crippen MR) is 148 cm³/mol. The molecule has 0 unspecified atom stereocenters. The van der Waals surface area contributed by atoms with Crippen molar-refractivity contribution in [3.05, 3.63) is 106 Å². The minimum Gasteiger partial charge on any atom is -0.326 e. The van der Waals surface area contributed by atoms with Gasteiger partial charge in [-0.15, -0.1) is 6.58 Å². The Balaban J connectivity index is 1.46. The van der Waals surface area contributed by atoms with Crippen molar-refractivity contribution in [2.24, 2.45) is 5.92 Å². The fourth-order valence-electron chi connectivity index (χ4n) is 4.36. The van der Waals surface area contributed by atoms with Gasteiger partial charge < -0.3 is 10.6 Å². The van der Waals surface area contributed by atoms with Gasteiger partial charge in [0.05, 0.1) is 6.54 Å². The summed E-state index contributed by atoms with van der Waals surface area (Å²) in [4.78, 5) is 51.9. The number of pyridine rings is 2. The molecule has 0 aliphatic heterocycles. The predicted octanol–water partition coefficient (Wildman–Crippen LogP) is 3.41. The minimum absolute atomic E-state index is 0.0132. The largest absolute Gasteiger partial charge is 0.326 e. The second kappa shape index (κ2) is 9.86. The van der Waals surface area contributed by atoms with Gasteiger partial charge in [-0.3, -0.25) is 14.4 Å². The maximum atomic E-state index is 13.4. The van der Waals surface area contributed by atoms with Crippen molar-refractivity contribution in [1.29, 1.82) is 0 Å². The first-order valence-electron chi connectivity index (χ1n) is 12.4. The van der Waals surface area contributed by atoms with E-state index in [0.717, 1.165) is 12.8 Å². The van der Waals surface area contributed by atoms with Gasteiger partial charge in [-0.25, -0.2) is 23.9 Å². The number of nitrogens with zero attached hydrogens (tertiary/aromatic N) is 6. The third kappa shape index (κ3) is 4.61. The van der Waals surface area contributed by atoms with Crippen molar-refractivity contribution in [2.75, 3.05) is 10.6 Å². The molecule has 5 aromatic rings. The Bertz CT molecular complexity index is 1830. The molecule has 1 aliphatic carbocycles. The highest BCUT2D eigenvalue weighted by Gasteiger charge is 2.29. The van der Waals surface area contributed by atoms with Crippen LogP contribution in [0.1, 0.15) is 12.8 Å². The maximum absolute atomic E-state index is 13.4. The summed E-state index contributed by atoms with van der Waals surface area (Å²) in [6.07, 6.45) is 6.47. The highest BCUT2D eigenvalue weighted by Crippen LogP contribution is 2.30. The van der Waals surface area contributed by atoms with E-state index in [0.29, 0.717) is 28.7 Å². The van der Waals surface area contributed by atoms with Crippen LogP contribution in [-0.4, -0.2) is 34.8 Å². The van der Waals surface area contributed by atoms with Gasteiger partial charge in [-0.05, 0) is 49.2 Å². The average Bonchev–Trinajstić information content (AvgIpc) is 3.76. The molecule has 0 spiro atoms. The third-order valence-corrected chi connectivity index (χ3v) is 6.34. The molecular formula is C28H24N8O3. The fourth-order valence-corrected chi connectivity index (χ4v) is 4.36. The lowest BCUT2D eigenvalue weighted by Crippen LogP contribution is -2.28. The number of fused-ring (bicyclic) bond motifs is 1. The first kappa shape index (κ1) is 24.0. The second-order valence-electron chi connectivity index (χ2n) is 9.13. The number of hydrogen-bond donors (Lipinski definition) is 2. The molecule has 39 heavy (non-hydrogen) atoms. The van der Waals surface area contributed by atoms with Gasteiger partial charge in [-0.2, -0.15) is 4.98 Å². The smallest absolute Gasteiger partial charge is 0.278 e. The molecule has 0 bridgehead atoms. The van der Waals surface area contributed by atoms with E-state index in [9.17, 15) is 14.4 Å². The zero-order valence-electron chi connectivity index (χ0n) is 20.8. The molecule has 6 rings (SSSR count). The number of amides is 1. The quantitative estimate of drug-likeness (QED) is 0.300. The van der Waals surface area contributed by atoms with E-state index in [1.807, 2.05) is 18.2 Å². The molecule has 1 saturated carbocycles. The fraction of sp³-hybridized carbons (Fsp3) is 0.143. The number of carbonyl (C=O) groups excluding carboxylic acids is 1. The molecule has 2 N–H and O–H groups in total. The summed E-state index contributed by atoms with van der Waals surface area (Å²) in [6.45, 7) is 3.96. The van der Waals surface area contributed by atoms with E-state index in [1.165, 1.54) is 21.5 Å². The maximum Gasteiger partial charge on any atom is 0.278 e. The van der Waals surface area contributed by atoms with E-state index in [1.54, 1.807) is 53.4 Å². The molecular weight excluding hydrogens is 496 g/mol. The van der Waals surface area contributed by atoms with Crippen LogP contribution in [0.15, 0.2) is 95.3 Å². The van der Waals surface area contributed by atoms with Gasteiger partial charge in [-0.1, -0.05) is 24.3 Å². The molecule has 1 aromatic carbocycles. The third-order valence-electron chi connectivity index (χ3n) is 6.34. The normalized spacial score (nSPS) is 12.8. The molecule has 1 aliphatic rings. The van der Waals surface area contributed by atoms with Crippen LogP contribution >= 0.6 is 0 Å². The zero-order valence-corrected chi connectivity index (χ0v) is 20.8. The Hall–Kier alpha value is -5.32. The lowest BCUT2D eigenvalue weighted by molar-refractivity contribution is -0.117. The van der Waals surface area contributed by atoms with E-state index >= 15 is 0 Å². The number of aromatic nitrogens is 6. The van der Waals surface area contributed by atoms with Crippen molar-refractivity contribution < 1.29 is 4.79 Å². The minimum atomic E-state index is -0.329. The lowest BCUT2D eigenvalue weighted by Gasteiger charge is -2.16. The van der Waals surface area contributed by atoms with Crippen LogP contribution in [0.2, 0.25) is 0 Å². The number of anilines is 3. The Morgan fingerprint density at radius 2 is 1.85 bits per heavy atom. The monoisotopic (exact) mass is 520 g/mol. The molecule has 0 atom stereocenters. The first-order valence-corrected chi connectivity index (χ1v) is 12.4.